The van der Waals surface area contributed by atoms with Gasteiger partial charge in [-0.3, -0.25) is 0 Å². The summed E-state index contributed by atoms with van der Waals surface area (Å²) in [6, 6.07) is 27.4. The lowest BCUT2D eigenvalue weighted by atomic mass is 9.87. The number of anilines is 3. The predicted octanol–water partition coefficient (Wildman–Crippen LogP) is 8.28. The van der Waals surface area contributed by atoms with Gasteiger partial charge in [0.05, 0.1) is 20.0 Å². The maximum Gasteiger partial charge on any atom is 0.0937 e. The summed E-state index contributed by atoms with van der Waals surface area (Å²) in [4.78, 5) is 7.43. The summed E-state index contributed by atoms with van der Waals surface area (Å²) in [5.41, 5.74) is 8.35. The Hall–Kier alpha value is -2.94. The number of rotatable bonds is 3. The van der Waals surface area contributed by atoms with E-state index in [0.717, 1.165) is 20.0 Å². The van der Waals surface area contributed by atoms with Crippen molar-refractivity contribution in [3.8, 4) is 0 Å². The third-order valence-corrected chi connectivity index (χ3v) is 7.32. The maximum absolute atomic E-state index is 2.48. The molecule has 0 amide bonds. The smallest absolute Gasteiger partial charge is 0.0937 e. The first-order valence-electron chi connectivity index (χ1n) is 13.3. The van der Waals surface area contributed by atoms with Gasteiger partial charge in [-0.2, -0.15) is 0 Å². The molecule has 3 aromatic rings. The van der Waals surface area contributed by atoms with Crippen LogP contribution in [0.5, 0.6) is 0 Å². The van der Waals surface area contributed by atoms with Gasteiger partial charge in [0.25, 0.3) is 0 Å². The quantitative estimate of drug-likeness (QED) is 0.371. The normalized spacial score (nSPS) is 15.4. The van der Waals surface area contributed by atoms with Crippen molar-refractivity contribution in [3.63, 3.8) is 0 Å². The summed E-state index contributed by atoms with van der Waals surface area (Å²) in [7, 11) is 0. The van der Waals surface area contributed by atoms with Crippen LogP contribution in [0.2, 0.25) is 0 Å². The molecule has 36 heavy (non-hydrogen) atoms. The van der Waals surface area contributed by atoms with Gasteiger partial charge in [-0.25, -0.2) is 0 Å². The monoisotopic (exact) mass is 483 g/mol. The van der Waals surface area contributed by atoms with Crippen LogP contribution in [0.4, 0.5) is 17.1 Å². The molecule has 3 nitrogen and oxygen atoms in total. The zero-order valence-corrected chi connectivity index (χ0v) is 23.9. The zero-order valence-electron chi connectivity index (χ0n) is 23.9. The molecule has 0 aromatic heterocycles. The van der Waals surface area contributed by atoms with Gasteiger partial charge in [0.1, 0.15) is 0 Å². The van der Waals surface area contributed by atoms with Crippen molar-refractivity contribution >= 4 is 17.1 Å². The summed E-state index contributed by atoms with van der Waals surface area (Å²) in [5.74, 6) is 0. The standard InChI is InChI=1S/C33H45N3/c1-31(2,3)25-10-16-28(17-11-25)34-22-35(29-18-12-26(13-19-29)32(4,5)6)24-36(23-34)30-20-14-27(15-21-30)33(7,8)9/h10-21H,22-24H2,1-9H3. The average Bonchev–Trinajstić information content (AvgIpc) is 2.82. The fourth-order valence-electron chi connectivity index (χ4n) is 4.76. The Bertz CT molecular complexity index is 982. The summed E-state index contributed by atoms with van der Waals surface area (Å²) < 4.78 is 0. The molecule has 1 aliphatic rings. The highest BCUT2D eigenvalue weighted by molar-refractivity contribution is 5.60. The Kier molecular flexibility index (Phi) is 6.90. The highest BCUT2D eigenvalue weighted by atomic mass is 15.5. The highest BCUT2D eigenvalue weighted by Gasteiger charge is 2.26. The molecule has 3 aromatic carbocycles. The molecule has 0 radical (unpaired) electrons. The zero-order chi connectivity index (χ0) is 26.3. The van der Waals surface area contributed by atoms with E-state index in [4.69, 9.17) is 0 Å². The van der Waals surface area contributed by atoms with Crippen molar-refractivity contribution in [3.05, 3.63) is 89.5 Å². The molecular formula is C33H45N3. The van der Waals surface area contributed by atoms with Crippen LogP contribution < -0.4 is 14.7 Å². The fraction of sp³-hybridized carbons (Fsp3) is 0.455. The molecule has 1 fully saturated rings. The van der Waals surface area contributed by atoms with Crippen molar-refractivity contribution in [1.82, 2.24) is 0 Å². The van der Waals surface area contributed by atoms with Gasteiger partial charge in [0, 0.05) is 17.1 Å². The fourth-order valence-corrected chi connectivity index (χ4v) is 4.76. The van der Waals surface area contributed by atoms with E-state index in [1.807, 2.05) is 0 Å². The molecular weight excluding hydrogens is 438 g/mol. The minimum Gasteiger partial charge on any atom is -0.336 e. The van der Waals surface area contributed by atoms with Crippen LogP contribution in [0, 0.1) is 0 Å². The average molecular weight is 484 g/mol. The van der Waals surface area contributed by atoms with Gasteiger partial charge in [-0.05, 0) is 69.3 Å². The minimum absolute atomic E-state index is 0.155. The van der Waals surface area contributed by atoms with Crippen LogP contribution in [-0.4, -0.2) is 20.0 Å². The first-order valence-corrected chi connectivity index (χ1v) is 13.3. The molecule has 1 heterocycles. The molecule has 3 heteroatoms. The van der Waals surface area contributed by atoms with Crippen LogP contribution >= 0.6 is 0 Å². The predicted molar refractivity (Wildman–Crippen MR) is 157 cm³/mol. The number of benzene rings is 3. The largest absolute Gasteiger partial charge is 0.336 e. The van der Waals surface area contributed by atoms with Crippen molar-refractivity contribution in [2.45, 2.75) is 78.6 Å². The molecule has 0 N–H and O–H groups in total. The molecule has 0 saturated carbocycles. The third kappa shape index (κ3) is 5.88. The van der Waals surface area contributed by atoms with Crippen LogP contribution in [0.3, 0.4) is 0 Å². The molecule has 0 aliphatic carbocycles. The summed E-state index contributed by atoms with van der Waals surface area (Å²) in [5, 5.41) is 0. The molecule has 4 rings (SSSR count). The Morgan fingerprint density at radius 1 is 0.361 bits per heavy atom. The molecule has 1 aliphatic heterocycles. The van der Waals surface area contributed by atoms with Crippen LogP contribution in [0.1, 0.15) is 79.0 Å². The number of hydrogen-bond donors (Lipinski definition) is 0. The second-order valence-electron chi connectivity index (χ2n) is 13.4. The second-order valence-corrected chi connectivity index (χ2v) is 13.4. The van der Waals surface area contributed by atoms with E-state index in [9.17, 15) is 0 Å². The van der Waals surface area contributed by atoms with E-state index in [1.54, 1.807) is 0 Å². The van der Waals surface area contributed by atoms with E-state index in [0.29, 0.717) is 0 Å². The van der Waals surface area contributed by atoms with E-state index >= 15 is 0 Å². The van der Waals surface area contributed by atoms with Crippen LogP contribution in [0.15, 0.2) is 72.8 Å². The van der Waals surface area contributed by atoms with Gasteiger partial charge >= 0.3 is 0 Å². The van der Waals surface area contributed by atoms with Crippen LogP contribution in [-0.2, 0) is 16.2 Å². The lowest BCUT2D eigenvalue weighted by molar-refractivity contribution is 0.586. The van der Waals surface area contributed by atoms with Gasteiger partial charge in [0.15, 0.2) is 0 Å². The SMILES string of the molecule is CC(C)(C)c1ccc(N2CN(c3ccc(C(C)(C)C)cc3)CN(c3ccc(C(C)(C)C)cc3)C2)cc1. The number of nitrogens with zero attached hydrogens (tertiary/aromatic N) is 3. The van der Waals surface area contributed by atoms with E-state index < -0.39 is 0 Å². The Morgan fingerprint density at radius 3 is 0.722 bits per heavy atom. The van der Waals surface area contributed by atoms with Crippen molar-refractivity contribution in [1.29, 1.82) is 0 Å². The lowest BCUT2D eigenvalue weighted by Crippen LogP contribution is -2.55. The maximum atomic E-state index is 2.48. The third-order valence-electron chi connectivity index (χ3n) is 7.32. The van der Waals surface area contributed by atoms with Gasteiger partial charge in [0.2, 0.25) is 0 Å². The summed E-state index contributed by atoms with van der Waals surface area (Å²) in [6.45, 7) is 23.0. The topological polar surface area (TPSA) is 9.72 Å². The lowest BCUT2D eigenvalue weighted by Gasteiger charge is -2.45. The summed E-state index contributed by atoms with van der Waals surface area (Å²) in [6.07, 6.45) is 0. The van der Waals surface area contributed by atoms with E-state index in [1.165, 1.54) is 33.8 Å². The van der Waals surface area contributed by atoms with E-state index in [-0.39, 0.29) is 16.2 Å². The van der Waals surface area contributed by atoms with Crippen LogP contribution in [0.25, 0.3) is 0 Å². The Balaban J connectivity index is 1.65. The minimum atomic E-state index is 0.155. The molecule has 0 spiro atoms. The van der Waals surface area contributed by atoms with Gasteiger partial charge in [-0.15, -0.1) is 0 Å². The van der Waals surface area contributed by atoms with E-state index in [2.05, 4.69) is 150 Å². The first kappa shape index (κ1) is 26.1. The van der Waals surface area contributed by atoms with Gasteiger partial charge in [-0.1, -0.05) is 98.7 Å². The molecule has 192 valence electrons. The molecule has 0 atom stereocenters. The number of hydrogen-bond acceptors (Lipinski definition) is 3. The first-order chi connectivity index (χ1) is 16.7. The molecule has 1 saturated heterocycles. The molecule has 0 bridgehead atoms. The van der Waals surface area contributed by atoms with Gasteiger partial charge < -0.3 is 14.7 Å². The highest BCUT2D eigenvalue weighted by Crippen LogP contribution is 2.31. The van der Waals surface area contributed by atoms with Crippen molar-refractivity contribution in [2.75, 3.05) is 34.7 Å². The van der Waals surface area contributed by atoms with Crippen molar-refractivity contribution < 1.29 is 0 Å². The molecule has 0 unspecified atom stereocenters. The van der Waals surface area contributed by atoms with Crippen molar-refractivity contribution in [2.24, 2.45) is 0 Å². The second kappa shape index (κ2) is 9.50. The Morgan fingerprint density at radius 2 is 0.556 bits per heavy atom. The Labute approximate surface area is 219 Å². The summed E-state index contributed by atoms with van der Waals surface area (Å²) >= 11 is 0.